The molecular formula is C8H13O2. The van der Waals surface area contributed by atoms with Gasteiger partial charge in [0.25, 0.3) is 0 Å². The van der Waals surface area contributed by atoms with Crippen molar-refractivity contribution in [2.24, 2.45) is 5.92 Å². The molecule has 0 aliphatic heterocycles. The number of rotatable bonds is 3. The molecule has 0 bridgehead atoms. The second kappa shape index (κ2) is 3.59. The highest BCUT2D eigenvalue weighted by Crippen LogP contribution is 2.29. The number of hydrogen-bond donors (Lipinski definition) is 0. The van der Waals surface area contributed by atoms with Gasteiger partial charge in [-0.2, -0.15) is 0 Å². The Labute approximate surface area is 61.6 Å². The summed E-state index contributed by atoms with van der Waals surface area (Å²) in [5, 5.41) is 0. The summed E-state index contributed by atoms with van der Waals surface area (Å²) in [5.74, 6) is 0.541. The summed E-state index contributed by atoms with van der Waals surface area (Å²) in [6.07, 6.45) is 4.32. The van der Waals surface area contributed by atoms with E-state index in [4.69, 9.17) is 0 Å². The molecule has 1 radical (unpaired) electrons. The van der Waals surface area contributed by atoms with Crippen LogP contribution in [0, 0.1) is 12.5 Å². The van der Waals surface area contributed by atoms with Crippen molar-refractivity contribution in [1.29, 1.82) is 0 Å². The van der Waals surface area contributed by atoms with Crippen LogP contribution in [0.25, 0.3) is 0 Å². The molecule has 1 rings (SSSR count). The average Bonchev–Trinajstić information content (AvgIpc) is 1.80. The molecule has 57 valence electrons. The summed E-state index contributed by atoms with van der Waals surface area (Å²) in [5.41, 5.74) is 0. The zero-order valence-corrected chi connectivity index (χ0v) is 6.30. The van der Waals surface area contributed by atoms with E-state index in [1.54, 1.807) is 6.92 Å². The summed E-state index contributed by atoms with van der Waals surface area (Å²) >= 11 is 0. The Morgan fingerprint density at radius 2 is 2.40 bits per heavy atom. The zero-order chi connectivity index (χ0) is 7.40. The molecule has 0 N–H and O–H groups in total. The average molecular weight is 141 g/mol. The summed E-state index contributed by atoms with van der Waals surface area (Å²) in [6.45, 7) is 3.17. The van der Waals surface area contributed by atoms with Crippen LogP contribution in [0.2, 0.25) is 0 Å². The highest BCUT2D eigenvalue weighted by atomic mass is 16.5. The maximum atomic E-state index is 10.8. The molecule has 0 saturated heterocycles. The van der Waals surface area contributed by atoms with Crippen molar-refractivity contribution < 1.29 is 9.53 Å². The van der Waals surface area contributed by atoms with Crippen LogP contribution in [0.15, 0.2) is 0 Å². The first-order valence-electron chi connectivity index (χ1n) is 3.80. The van der Waals surface area contributed by atoms with Gasteiger partial charge in [-0.1, -0.05) is 6.42 Å². The van der Waals surface area contributed by atoms with E-state index < -0.39 is 0 Å². The van der Waals surface area contributed by atoms with E-state index in [9.17, 15) is 4.79 Å². The van der Waals surface area contributed by atoms with Crippen molar-refractivity contribution in [3.05, 3.63) is 6.61 Å². The van der Waals surface area contributed by atoms with Gasteiger partial charge >= 0.3 is 5.97 Å². The van der Waals surface area contributed by atoms with Gasteiger partial charge in [0, 0.05) is 6.42 Å². The summed E-state index contributed by atoms with van der Waals surface area (Å²) in [4.78, 5) is 10.8. The molecule has 1 aliphatic carbocycles. The summed E-state index contributed by atoms with van der Waals surface area (Å²) in [6, 6.07) is 0. The SMILES string of the molecule is C[CH]OC(=O)CC1CCC1. The Hall–Kier alpha value is -0.530. The predicted octanol–water partition coefficient (Wildman–Crippen LogP) is 1.90. The lowest BCUT2D eigenvalue weighted by atomic mass is 9.83. The third-order valence-corrected chi connectivity index (χ3v) is 1.93. The van der Waals surface area contributed by atoms with Crippen LogP contribution < -0.4 is 0 Å². The normalized spacial score (nSPS) is 18.1. The summed E-state index contributed by atoms with van der Waals surface area (Å²) < 4.78 is 4.68. The fourth-order valence-electron chi connectivity index (χ4n) is 1.11. The van der Waals surface area contributed by atoms with Crippen LogP contribution in [0.3, 0.4) is 0 Å². The largest absolute Gasteiger partial charge is 0.459 e. The highest BCUT2D eigenvalue weighted by Gasteiger charge is 2.20. The zero-order valence-electron chi connectivity index (χ0n) is 6.30. The molecule has 0 aromatic heterocycles. The van der Waals surface area contributed by atoms with Crippen LogP contribution in [-0.4, -0.2) is 5.97 Å². The predicted molar refractivity (Wildman–Crippen MR) is 38.0 cm³/mol. The van der Waals surface area contributed by atoms with Gasteiger partial charge in [0.05, 0.1) is 0 Å². The number of carbonyl (C=O) groups is 1. The van der Waals surface area contributed by atoms with Gasteiger partial charge in [0.1, 0.15) is 6.61 Å². The highest BCUT2D eigenvalue weighted by molar-refractivity contribution is 5.70. The van der Waals surface area contributed by atoms with Gasteiger partial charge < -0.3 is 4.74 Å². The number of ether oxygens (including phenoxy) is 1. The molecule has 2 nitrogen and oxygen atoms in total. The molecule has 1 aliphatic rings. The molecule has 0 atom stereocenters. The minimum Gasteiger partial charge on any atom is -0.459 e. The van der Waals surface area contributed by atoms with Crippen LogP contribution in [-0.2, 0) is 9.53 Å². The Bertz CT molecular complexity index is 116. The first kappa shape index (κ1) is 7.58. The fourth-order valence-corrected chi connectivity index (χ4v) is 1.11. The Morgan fingerprint density at radius 3 is 2.80 bits per heavy atom. The Morgan fingerprint density at radius 1 is 1.70 bits per heavy atom. The number of esters is 1. The first-order chi connectivity index (χ1) is 4.83. The van der Waals surface area contributed by atoms with Gasteiger partial charge in [-0.05, 0) is 25.7 Å². The van der Waals surface area contributed by atoms with Crippen LogP contribution >= 0.6 is 0 Å². The van der Waals surface area contributed by atoms with Gasteiger partial charge in [-0.3, -0.25) is 4.79 Å². The third kappa shape index (κ3) is 2.01. The third-order valence-electron chi connectivity index (χ3n) is 1.93. The van der Waals surface area contributed by atoms with Gasteiger partial charge in [0.15, 0.2) is 0 Å². The van der Waals surface area contributed by atoms with E-state index in [2.05, 4.69) is 4.74 Å². The van der Waals surface area contributed by atoms with E-state index >= 15 is 0 Å². The van der Waals surface area contributed by atoms with E-state index in [0.29, 0.717) is 12.3 Å². The second-order valence-electron chi connectivity index (χ2n) is 2.73. The van der Waals surface area contributed by atoms with Crippen molar-refractivity contribution in [2.45, 2.75) is 32.6 Å². The lowest BCUT2D eigenvalue weighted by Gasteiger charge is -2.23. The van der Waals surface area contributed by atoms with Crippen LogP contribution in [0.4, 0.5) is 0 Å². The minimum absolute atomic E-state index is 0.0767. The van der Waals surface area contributed by atoms with E-state index in [1.165, 1.54) is 25.9 Å². The summed E-state index contributed by atoms with van der Waals surface area (Å²) in [7, 11) is 0. The first-order valence-corrected chi connectivity index (χ1v) is 3.80. The lowest BCUT2D eigenvalue weighted by molar-refractivity contribution is -0.141. The molecule has 0 heterocycles. The van der Waals surface area contributed by atoms with Gasteiger partial charge in [0.2, 0.25) is 0 Å². The fraction of sp³-hybridized carbons (Fsp3) is 0.750. The van der Waals surface area contributed by atoms with Crippen molar-refractivity contribution >= 4 is 5.97 Å². The smallest absolute Gasteiger partial charge is 0.306 e. The van der Waals surface area contributed by atoms with E-state index in [-0.39, 0.29) is 5.97 Å². The molecule has 2 heteroatoms. The van der Waals surface area contributed by atoms with E-state index in [0.717, 1.165) is 0 Å². The number of carbonyl (C=O) groups excluding carboxylic acids is 1. The molecule has 0 aromatic rings. The number of hydrogen-bond acceptors (Lipinski definition) is 2. The monoisotopic (exact) mass is 141 g/mol. The van der Waals surface area contributed by atoms with E-state index in [1.807, 2.05) is 0 Å². The maximum absolute atomic E-state index is 10.8. The molecule has 0 unspecified atom stereocenters. The lowest BCUT2D eigenvalue weighted by Crippen LogP contribution is -2.16. The molecular weight excluding hydrogens is 128 g/mol. The quantitative estimate of drug-likeness (QED) is 0.561. The second-order valence-corrected chi connectivity index (χ2v) is 2.73. The molecule has 0 aromatic carbocycles. The topological polar surface area (TPSA) is 26.3 Å². The Balaban J connectivity index is 2.05. The molecule has 0 spiro atoms. The van der Waals surface area contributed by atoms with Crippen molar-refractivity contribution in [1.82, 2.24) is 0 Å². The molecule has 0 amide bonds. The molecule has 1 fully saturated rings. The van der Waals surface area contributed by atoms with Crippen molar-refractivity contribution in [2.75, 3.05) is 0 Å². The van der Waals surface area contributed by atoms with Crippen molar-refractivity contribution in [3.8, 4) is 0 Å². The maximum Gasteiger partial charge on any atom is 0.306 e. The van der Waals surface area contributed by atoms with Crippen LogP contribution in [0.5, 0.6) is 0 Å². The molecule has 10 heavy (non-hydrogen) atoms. The standard InChI is InChI=1S/C8H13O2/c1-2-10-8(9)6-7-4-3-5-7/h2,7H,3-6H2,1H3. The van der Waals surface area contributed by atoms with Gasteiger partial charge in [-0.15, -0.1) is 0 Å². The van der Waals surface area contributed by atoms with Gasteiger partial charge in [-0.25, -0.2) is 0 Å². The molecule has 1 saturated carbocycles. The van der Waals surface area contributed by atoms with Crippen LogP contribution in [0.1, 0.15) is 32.6 Å². The van der Waals surface area contributed by atoms with Crippen molar-refractivity contribution in [3.63, 3.8) is 0 Å². The Kier molecular flexibility index (Phi) is 2.72. The minimum atomic E-state index is -0.0767.